The first kappa shape index (κ1) is 18.2. The minimum absolute atomic E-state index is 0.108. The van der Waals surface area contributed by atoms with E-state index < -0.39 is 36.6 Å². The molecule has 8 nitrogen and oxygen atoms in total. The Bertz CT molecular complexity index is 1010. The molecule has 8 heteroatoms. The Kier molecular flexibility index (Phi) is 4.21. The Morgan fingerprint density at radius 1 is 1.25 bits per heavy atom. The number of esters is 1. The molecule has 1 saturated carbocycles. The van der Waals surface area contributed by atoms with Crippen LogP contribution in [0.15, 0.2) is 24.3 Å². The summed E-state index contributed by atoms with van der Waals surface area (Å²) in [6.45, 7) is 2.50. The number of benzene rings is 1. The second kappa shape index (κ2) is 6.47. The van der Waals surface area contributed by atoms with E-state index in [1.54, 1.807) is 13.8 Å². The summed E-state index contributed by atoms with van der Waals surface area (Å²) in [4.78, 5) is 53.3. The van der Waals surface area contributed by atoms with Crippen molar-refractivity contribution >= 4 is 34.6 Å². The van der Waals surface area contributed by atoms with Crippen LogP contribution in [0.1, 0.15) is 35.8 Å². The minimum Gasteiger partial charge on any atom is -0.456 e. The van der Waals surface area contributed by atoms with Crippen molar-refractivity contribution < 1.29 is 23.9 Å². The van der Waals surface area contributed by atoms with Gasteiger partial charge >= 0.3 is 12.0 Å². The maximum Gasteiger partial charge on any atom is 0.326 e. The fourth-order valence-electron chi connectivity index (χ4n) is 3.83. The molecule has 1 atom stereocenters. The lowest BCUT2D eigenvalue weighted by molar-refractivity contribution is -0.146. The average molecular weight is 383 g/mol. The predicted molar refractivity (Wildman–Crippen MR) is 99.7 cm³/mol. The maximum absolute atomic E-state index is 12.6. The summed E-state index contributed by atoms with van der Waals surface area (Å²) in [6.07, 6.45) is 1.75. The van der Waals surface area contributed by atoms with Gasteiger partial charge in [-0.3, -0.25) is 19.3 Å². The number of hydrogen-bond donors (Lipinski definition) is 2. The molecular weight excluding hydrogens is 362 g/mol. The van der Waals surface area contributed by atoms with Gasteiger partial charge in [0.25, 0.3) is 5.91 Å². The van der Waals surface area contributed by atoms with Crippen LogP contribution in [0.25, 0.3) is 10.9 Å². The molecule has 3 amide bonds. The van der Waals surface area contributed by atoms with Crippen LogP contribution in [-0.4, -0.2) is 52.3 Å². The lowest BCUT2D eigenvalue weighted by atomic mass is 9.96. The zero-order valence-electron chi connectivity index (χ0n) is 15.7. The number of aryl methyl sites for hydroxylation is 1. The number of aromatic nitrogens is 1. The van der Waals surface area contributed by atoms with Gasteiger partial charge in [0, 0.05) is 22.2 Å². The number of ether oxygens (including phenoxy) is 1. The molecule has 0 bridgehead atoms. The van der Waals surface area contributed by atoms with Crippen LogP contribution in [-0.2, 0) is 14.3 Å². The Labute approximate surface area is 161 Å². The zero-order valence-corrected chi connectivity index (χ0v) is 15.7. The molecule has 2 fully saturated rings. The number of carbonyl (C=O) groups excluding carboxylic acids is 4. The van der Waals surface area contributed by atoms with Gasteiger partial charge in [0.2, 0.25) is 5.78 Å². The van der Waals surface area contributed by atoms with Gasteiger partial charge in [0.05, 0.1) is 0 Å². The van der Waals surface area contributed by atoms with Crippen LogP contribution in [0.5, 0.6) is 0 Å². The van der Waals surface area contributed by atoms with E-state index in [0.717, 1.165) is 28.6 Å². The van der Waals surface area contributed by atoms with Crippen LogP contribution in [0, 0.1) is 12.8 Å². The number of ketones is 1. The number of aromatic amines is 1. The molecule has 1 saturated heterocycles. The summed E-state index contributed by atoms with van der Waals surface area (Å²) in [6, 6.07) is 6.77. The van der Waals surface area contributed by atoms with E-state index in [9.17, 15) is 19.2 Å². The van der Waals surface area contributed by atoms with Crippen molar-refractivity contribution in [1.29, 1.82) is 0 Å². The number of nitrogens with one attached hydrogen (secondary N) is 2. The normalized spacial score (nSPS) is 21.9. The molecule has 0 radical (unpaired) electrons. The smallest absolute Gasteiger partial charge is 0.326 e. The molecule has 1 aromatic carbocycles. The third-order valence-corrected chi connectivity index (χ3v) is 5.52. The highest BCUT2D eigenvalue weighted by Gasteiger charge is 2.56. The summed E-state index contributed by atoms with van der Waals surface area (Å²) >= 11 is 0. The number of H-pyrrole nitrogens is 1. The Morgan fingerprint density at radius 3 is 2.68 bits per heavy atom. The van der Waals surface area contributed by atoms with Crippen molar-refractivity contribution in [2.45, 2.75) is 32.2 Å². The van der Waals surface area contributed by atoms with Gasteiger partial charge in [-0.05, 0) is 38.7 Å². The first-order valence-corrected chi connectivity index (χ1v) is 9.21. The van der Waals surface area contributed by atoms with E-state index in [-0.39, 0.29) is 11.7 Å². The Hall–Kier alpha value is -3.16. The minimum atomic E-state index is -0.950. The second-order valence-electron chi connectivity index (χ2n) is 7.55. The number of rotatable bonds is 6. The largest absolute Gasteiger partial charge is 0.456 e. The average Bonchev–Trinajstić information content (AvgIpc) is 3.42. The fraction of sp³-hybridized carbons (Fsp3) is 0.400. The molecule has 2 aromatic rings. The lowest BCUT2D eigenvalue weighted by Gasteiger charge is -2.20. The molecule has 1 aliphatic heterocycles. The second-order valence-corrected chi connectivity index (χ2v) is 7.55. The lowest BCUT2D eigenvalue weighted by Crippen LogP contribution is -2.46. The summed E-state index contributed by atoms with van der Waals surface area (Å²) < 4.78 is 5.06. The number of Topliss-reactive ketones (excluding diaryl/α,β-unsaturated/α-hetero) is 1. The van der Waals surface area contributed by atoms with E-state index in [1.165, 1.54) is 0 Å². The van der Waals surface area contributed by atoms with Crippen molar-refractivity contribution in [1.82, 2.24) is 15.2 Å². The molecule has 1 aliphatic carbocycles. The van der Waals surface area contributed by atoms with E-state index >= 15 is 0 Å². The molecule has 2 N–H and O–H groups in total. The molecule has 2 heterocycles. The molecule has 1 aromatic heterocycles. The molecule has 28 heavy (non-hydrogen) atoms. The number of urea groups is 1. The van der Waals surface area contributed by atoms with Crippen LogP contribution in [0.3, 0.4) is 0 Å². The van der Waals surface area contributed by atoms with Gasteiger partial charge < -0.3 is 15.0 Å². The van der Waals surface area contributed by atoms with Gasteiger partial charge in [-0.2, -0.15) is 0 Å². The van der Waals surface area contributed by atoms with Crippen LogP contribution >= 0.6 is 0 Å². The van der Waals surface area contributed by atoms with Crippen molar-refractivity contribution in [2.75, 3.05) is 13.2 Å². The first-order chi connectivity index (χ1) is 13.3. The monoisotopic (exact) mass is 383 g/mol. The SMILES string of the molecule is Cc1[nH]c2ccccc2c1C(=O)COC(=O)CN1C(=O)N[C@@](C)(C2CC2)C1=O. The van der Waals surface area contributed by atoms with Gasteiger partial charge in [-0.1, -0.05) is 18.2 Å². The summed E-state index contributed by atoms with van der Waals surface area (Å²) in [5.74, 6) is -1.45. The summed E-state index contributed by atoms with van der Waals surface area (Å²) in [5.41, 5.74) is 1.04. The van der Waals surface area contributed by atoms with Gasteiger partial charge in [0.15, 0.2) is 6.61 Å². The predicted octanol–water partition coefficient (Wildman–Crippen LogP) is 1.92. The van der Waals surface area contributed by atoms with Crippen LogP contribution < -0.4 is 5.32 Å². The molecule has 0 unspecified atom stereocenters. The van der Waals surface area contributed by atoms with E-state index in [4.69, 9.17) is 4.74 Å². The van der Waals surface area contributed by atoms with E-state index in [2.05, 4.69) is 10.3 Å². The Balaban J connectivity index is 1.39. The van der Waals surface area contributed by atoms with Crippen molar-refractivity contribution in [3.8, 4) is 0 Å². The third-order valence-electron chi connectivity index (χ3n) is 5.52. The highest BCUT2D eigenvalue weighted by molar-refractivity contribution is 6.11. The fourth-order valence-corrected chi connectivity index (χ4v) is 3.83. The third kappa shape index (κ3) is 2.94. The van der Waals surface area contributed by atoms with Crippen LogP contribution in [0.2, 0.25) is 0 Å². The van der Waals surface area contributed by atoms with E-state index in [0.29, 0.717) is 11.3 Å². The molecule has 4 rings (SSSR count). The van der Waals surface area contributed by atoms with Crippen molar-refractivity contribution in [3.63, 3.8) is 0 Å². The van der Waals surface area contributed by atoms with Gasteiger partial charge in [-0.25, -0.2) is 4.79 Å². The van der Waals surface area contributed by atoms with Crippen molar-refractivity contribution in [2.24, 2.45) is 5.92 Å². The first-order valence-electron chi connectivity index (χ1n) is 9.21. The van der Waals surface area contributed by atoms with E-state index in [1.807, 2.05) is 24.3 Å². The molecule has 146 valence electrons. The van der Waals surface area contributed by atoms with Crippen LogP contribution in [0.4, 0.5) is 4.79 Å². The zero-order chi connectivity index (χ0) is 20.1. The number of fused-ring (bicyclic) bond motifs is 1. The highest BCUT2D eigenvalue weighted by Crippen LogP contribution is 2.42. The number of carbonyl (C=O) groups is 4. The number of nitrogens with zero attached hydrogens (tertiary/aromatic N) is 1. The quantitative estimate of drug-likeness (QED) is 0.450. The summed E-state index contributed by atoms with van der Waals surface area (Å²) in [5, 5.41) is 3.43. The van der Waals surface area contributed by atoms with Gasteiger partial charge in [0.1, 0.15) is 12.1 Å². The summed E-state index contributed by atoms with van der Waals surface area (Å²) in [7, 11) is 0. The number of imide groups is 1. The maximum atomic E-state index is 12.6. The van der Waals surface area contributed by atoms with Gasteiger partial charge in [-0.15, -0.1) is 0 Å². The number of para-hydroxylation sites is 1. The highest BCUT2D eigenvalue weighted by atomic mass is 16.5. The number of amides is 3. The Morgan fingerprint density at radius 2 is 1.96 bits per heavy atom. The number of hydrogen-bond acceptors (Lipinski definition) is 5. The molecule has 2 aliphatic rings. The molecular formula is C20H21N3O5. The molecule has 0 spiro atoms. The van der Waals surface area contributed by atoms with Crippen molar-refractivity contribution in [3.05, 3.63) is 35.5 Å². The topological polar surface area (TPSA) is 109 Å². The standard InChI is InChI=1S/C20H21N3O5/c1-11-17(13-5-3-4-6-14(13)21-11)15(24)10-28-16(25)9-23-18(26)20(2,12-7-8-12)22-19(23)27/h3-6,12,21H,7-10H2,1-2H3,(H,22,27)/t20-/m0/s1.